The van der Waals surface area contributed by atoms with E-state index in [0.29, 0.717) is 6.54 Å². The number of nitrogens with one attached hydrogen (secondary N) is 1. The molecule has 0 spiro atoms. The standard InChI is InChI=1S/C14H20N2O/c1-9-13(14(2,3)8-15)11-7-10(17-4)5-6-12(11)16-9/h5-7,16H,8,15H2,1-4H3. The van der Waals surface area contributed by atoms with Crippen LogP contribution in [-0.4, -0.2) is 18.6 Å². The van der Waals surface area contributed by atoms with Crippen LogP contribution in [0.4, 0.5) is 0 Å². The van der Waals surface area contributed by atoms with Crippen LogP contribution in [0.25, 0.3) is 10.9 Å². The second-order valence-corrected chi connectivity index (χ2v) is 5.12. The molecule has 0 radical (unpaired) electrons. The second kappa shape index (κ2) is 4.08. The molecule has 1 aromatic carbocycles. The topological polar surface area (TPSA) is 51.0 Å². The quantitative estimate of drug-likeness (QED) is 0.855. The van der Waals surface area contributed by atoms with Crippen LogP contribution < -0.4 is 10.5 Å². The van der Waals surface area contributed by atoms with Crippen LogP contribution in [0.5, 0.6) is 5.75 Å². The molecule has 2 rings (SSSR count). The van der Waals surface area contributed by atoms with Gasteiger partial charge < -0.3 is 15.5 Å². The Balaban J connectivity index is 2.72. The fourth-order valence-corrected chi connectivity index (χ4v) is 2.41. The van der Waals surface area contributed by atoms with Gasteiger partial charge in [0.15, 0.2) is 0 Å². The van der Waals surface area contributed by atoms with Gasteiger partial charge in [-0.05, 0) is 30.7 Å². The third kappa shape index (κ3) is 1.91. The van der Waals surface area contributed by atoms with E-state index in [9.17, 15) is 0 Å². The van der Waals surface area contributed by atoms with Gasteiger partial charge >= 0.3 is 0 Å². The molecule has 0 aliphatic carbocycles. The van der Waals surface area contributed by atoms with Gasteiger partial charge in [0.1, 0.15) is 5.75 Å². The number of nitrogens with two attached hydrogens (primary N) is 1. The zero-order valence-corrected chi connectivity index (χ0v) is 10.9. The van der Waals surface area contributed by atoms with Crippen molar-refractivity contribution < 1.29 is 4.74 Å². The number of aromatic nitrogens is 1. The van der Waals surface area contributed by atoms with Crippen LogP contribution in [0.15, 0.2) is 18.2 Å². The molecule has 92 valence electrons. The molecule has 0 atom stereocenters. The number of ether oxygens (including phenoxy) is 1. The van der Waals surface area contributed by atoms with Gasteiger partial charge in [0, 0.05) is 28.6 Å². The predicted octanol–water partition coefficient (Wildman–Crippen LogP) is 2.72. The predicted molar refractivity (Wildman–Crippen MR) is 71.7 cm³/mol. The number of hydrogen-bond donors (Lipinski definition) is 2. The minimum atomic E-state index is -0.0330. The molecule has 0 aliphatic rings. The number of methoxy groups -OCH3 is 1. The molecule has 0 unspecified atom stereocenters. The largest absolute Gasteiger partial charge is 0.497 e. The average molecular weight is 232 g/mol. The number of fused-ring (bicyclic) bond motifs is 1. The molecule has 0 saturated heterocycles. The molecule has 3 nitrogen and oxygen atoms in total. The highest BCUT2D eigenvalue weighted by atomic mass is 16.5. The van der Waals surface area contributed by atoms with Crippen molar-refractivity contribution in [1.29, 1.82) is 0 Å². The summed E-state index contributed by atoms with van der Waals surface area (Å²) in [5.74, 6) is 0.880. The van der Waals surface area contributed by atoms with E-state index < -0.39 is 0 Å². The lowest BCUT2D eigenvalue weighted by Crippen LogP contribution is -2.28. The van der Waals surface area contributed by atoms with Gasteiger partial charge in [0.25, 0.3) is 0 Å². The molecule has 3 N–H and O–H groups in total. The molecule has 0 amide bonds. The SMILES string of the molecule is COc1ccc2[nH]c(C)c(C(C)(C)CN)c2c1. The first-order valence-electron chi connectivity index (χ1n) is 5.86. The number of benzene rings is 1. The third-order valence-corrected chi connectivity index (χ3v) is 3.38. The van der Waals surface area contributed by atoms with Crippen molar-refractivity contribution in [2.24, 2.45) is 5.73 Å². The first kappa shape index (κ1) is 12.0. The number of aryl methyl sites for hydroxylation is 1. The molecule has 1 aromatic heterocycles. The van der Waals surface area contributed by atoms with Crippen molar-refractivity contribution in [2.75, 3.05) is 13.7 Å². The Morgan fingerprint density at radius 2 is 2.06 bits per heavy atom. The highest BCUT2D eigenvalue weighted by molar-refractivity contribution is 5.87. The van der Waals surface area contributed by atoms with Gasteiger partial charge in [-0.3, -0.25) is 0 Å². The van der Waals surface area contributed by atoms with E-state index in [1.807, 2.05) is 6.07 Å². The number of H-pyrrole nitrogens is 1. The summed E-state index contributed by atoms with van der Waals surface area (Å²) in [4.78, 5) is 3.41. The Hall–Kier alpha value is -1.48. The Morgan fingerprint density at radius 3 is 2.65 bits per heavy atom. The summed E-state index contributed by atoms with van der Waals surface area (Å²) in [7, 11) is 1.69. The maximum atomic E-state index is 5.88. The van der Waals surface area contributed by atoms with Crippen molar-refractivity contribution in [3.8, 4) is 5.75 Å². The maximum Gasteiger partial charge on any atom is 0.119 e. The summed E-state index contributed by atoms with van der Waals surface area (Å²) in [5.41, 5.74) is 9.46. The summed E-state index contributed by atoms with van der Waals surface area (Å²) in [6, 6.07) is 6.10. The zero-order valence-electron chi connectivity index (χ0n) is 10.9. The fourth-order valence-electron chi connectivity index (χ4n) is 2.41. The molecular formula is C14H20N2O. The van der Waals surface area contributed by atoms with Gasteiger partial charge in [-0.2, -0.15) is 0 Å². The lowest BCUT2D eigenvalue weighted by Gasteiger charge is -2.23. The summed E-state index contributed by atoms with van der Waals surface area (Å²) < 4.78 is 5.29. The zero-order chi connectivity index (χ0) is 12.6. The summed E-state index contributed by atoms with van der Waals surface area (Å²) >= 11 is 0. The van der Waals surface area contributed by atoms with Crippen LogP contribution in [-0.2, 0) is 5.41 Å². The van der Waals surface area contributed by atoms with Crippen LogP contribution in [0.3, 0.4) is 0 Å². The molecule has 3 heteroatoms. The van der Waals surface area contributed by atoms with Gasteiger partial charge in [-0.1, -0.05) is 13.8 Å². The van der Waals surface area contributed by atoms with Crippen molar-refractivity contribution in [1.82, 2.24) is 4.98 Å². The van der Waals surface area contributed by atoms with E-state index in [4.69, 9.17) is 10.5 Å². The first-order valence-corrected chi connectivity index (χ1v) is 5.86. The number of rotatable bonds is 3. The molecule has 0 fully saturated rings. The first-order chi connectivity index (χ1) is 7.99. The van der Waals surface area contributed by atoms with Gasteiger partial charge in [-0.15, -0.1) is 0 Å². The number of hydrogen-bond acceptors (Lipinski definition) is 2. The molecule has 0 bridgehead atoms. The summed E-state index contributed by atoms with van der Waals surface area (Å²) in [5, 5.41) is 1.21. The Morgan fingerprint density at radius 1 is 1.35 bits per heavy atom. The molecule has 17 heavy (non-hydrogen) atoms. The van der Waals surface area contributed by atoms with Crippen molar-refractivity contribution >= 4 is 10.9 Å². The Bertz CT molecular complexity index is 540. The molecule has 0 aliphatic heterocycles. The van der Waals surface area contributed by atoms with E-state index in [2.05, 4.69) is 37.9 Å². The molecule has 2 aromatic rings. The molecule has 0 saturated carbocycles. The van der Waals surface area contributed by atoms with Crippen LogP contribution in [0, 0.1) is 6.92 Å². The van der Waals surface area contributed by atoms with Gasteiger partial charge in [-0.25, -0.2) is 0 Å². The van der Waals surface area contributed by atoms with Crippen LogP contribution in [0.1, 0.15) is 25.1 Å². The van der Waals surface area contributed by atoms with Gasteiger partial charge in [0.05, 0.1) is 7.11 Å². The summed E-state index contributed by atoms with van der Waals surface area (Å²) in [6.07, 6.45) is 0. The van der Waals surface area contributed by atoms with E-state index in [-0.39, 0.29) is 5.41 Å². The minimum Gasteiger partial charge on any atom is -0.497 e. The highest BCUT2D eigenvalue weighted by Gasteiger charge is 2.25. The number of aromatic amines is 1. The van der Waals surface area contributed by atoms with Gasteiger partial charge in [0.2, 0.25) is 0 Å². The normalized spacial score (nSPS) is 12.1. The average Bonchev–Trinajstić information content (AvgIpc) is 2.64. The fraction of sp³-hybridized carbons (Fsp3) is 0.429. The smallest absolute Gasteiger partial charge is 0.119 e. The van der Waals surface area contributed by atoms with E-state index in [1.165, 1.54) is 16.6 Å². The lowest BCUT2D eigenvalue weighted by atomic mass is 9.83. The third-order valence-electron chi connectivity index (χ3n) is 3.38. The summed E-state index contributed by atoms with van der Waals surface area (Å²) in [6.45, 7) is 7.06. The van der Waals surface area contributed by atoms with E-state index >= 15 is 0 Å². The lowest BCUT2D eigenvalue weighted by molar-refractivity contribution is 0.415. The van der Waals surface area contributed by atoms with Crippen molar-refractivity contribution in [3.05, 3.63) is 29.5 Å². The Kier molecular flexibility index (Phi) is 2.87. The highest BCUT2D eigenvalue weighted by Crippen LogP contribution is 2.34. The van der Waals surface area contributed by atoms with E-state index in [0.717, 1.165) is 11.3 Å². The molecule has 1 heterocycles. The molecular weight excluding hydrogens is 212 g/mol. The maximum absolute atomic E-state index is 5.88. The van der Waals surface area contributed by atoms with Crippen LogP contribution in [0.2, 0.25) is 0 Å². The van der Waals surface area contributed by atoms with Crippen LogP contribution >= 0.6 is 0 Å². The Labute approximate surface area is 102 Å². The second-order valence-electron chi connectivity index (χ2n) is 5.12. The van der Waals surface area contributed by atoms with E-state index in [1.54, 1.807) is 7.11 Å². The minimum absolute atomic E-state index is 0.0330. The monoisotopic (exact) mass is 232 g/mol. The van der Waals surface area contributed by atoms with Crippen molar-refractivity contribution in [3.63, 3.8) is 0 Å². The van der Waals surface area contributed by atoms with Crippen molar-refractivity contribution in [2.45, 2.75) is 26.2 Å².